The number of anilines is 12. The van der Waals surface area contributed by atoms with E-state index in [1.165, 1.54) is 61.4 Å². The van der Waals surface area contributed by atoms with Gasteiger partial charge in [0.05, 0.1) is 0 Å². The molecule has 0 radical (unpaired) electrons. The Morgan fingerprint density at radius 3 is 0.952 bits per heavy atom. The van der Waals surface area contributed by atoms with Gasteiger partial charge in [0.1, 0.15) is 0 Å². The second-order valence-corrected chi connectivity index (χ2v) is 17.0. The number of rotatable bonds is 8. The fourth-order valence-electron chi connectivity index (χ4n) is 9.56. The Morgan fingerprint density at radius 2 is 0.619 bits per heavy atom. The van der Waals surface area contributed by atoms with Gasteiger partial charge in [0.15, 0.2) is 0 Å². The molecule has 0 aliphatic carbocycles. The van der Waals surface area contributed by atoms with Crippen molar-refractivity contribution in [3.63, 3.8) is 0 Å². The fourth-order valence-corrected chi connectivity index (χ4v) is 9.56. The average molecular weight is 811 g/mol. The predicted octanol–water partition coefficient (Wildman–Crippen LogP) is 13.9. The molecule has 5 heteroatoms. The van der Waals surface area contributed by atoms with Gasteiger partial charge in [0.2, 0.25) is 0 Å². The highest BCUT2D eigenvalue weighted by atomic mass is 15.2. The molecule has 2 aliphatic heterocycles. The number of benzene rings is 9. The topological polar surface area (TPSA) is 13.0 Å². The van der Waals surface area contributed by atoms with E-state index in [9.17, 15) is 0 Å². The highest BCUT2D eigenvalue weighted by Crippen LogP contribution is 2.47. The summed E-state index contributed by atoms with van der Waals surface area (Å²) in [6.45, 7) is 8.57. The Kier molecular flexibility index (Phi) is 9.46. The molecule has 0 N–H and O–H groups in total. The molecule has 2 aliphatic rings. The van der Waals surface area contributed by atoms with E-state index in [4.69, 9.17) is 0 Å². The van der Waals surface area contributed by atoms with Gasteiger partial charge < -0.3 is 19.6 Å². The number of hydrogen-bond acceptors (Lipinski definition) is 4. The first-order valence-corrected chi connectivity index (χ1v) is 21.9. The molecule has 0 amide bonds. The second kappa shape index (κ2) is 15.6. The van der Waals surface area contributed by atoms with Crippen LogP contribution in [0.3, 0.4) is 0 Å². The van der Waals surface area contributed by atoms with Gasteiger partial charge in [-0.1, -0.05) is 125 Å². The van der Waals surface area contributed by atoms with Crippen LogP contribution in [-0.4, -0.2) is 6.71 Å². The zero-order valence-electron chi connectivity index (χ0n) is 36.1. The van der Waals surface area contributed by atoms with Gasteiger partial charge in [0.25, 0.3) is 6.71 Å². The molecule has 0 atom stereocenters. The van der Waals surface area contributed by atoms with Crippen LogP contribution in [0.25, 0.3) is 0 Å². The van der Waals surface area contributed by atoms with E-state index in [0.717, 1.165) is 45.5 Å². The predicted molar refractivity (Wildman–Crippen MR) is 269 cm³/mol. The Balaban J connectivity index is 1.16. The summed E-state index contributed by atoms with van der Waals surface area (Å²) in [5.74, 6) is 0. The summed E-state index contributed by atoms with van der Waals surface area (Å²) in [6, 6.07) is 78.3. The van der Waals surface area contributed by atoms with Crippen LogP contribution in [-0.2, 0) is 0 Å². The van der Waals surface area contributed by atoms with Gasteiger partial charge in [-0.3, -0.25) is 0 Å². The van der Waals surface area contributed by atoms with Crippen molar-refractivity contribution in [3.8, 4) is 0 Å². The zero-order chi connectivity index (χ0) is 42.6. The highest BCUT2D eigenvalue weighted by Gasteiger charge is 2.43. The van der Waals surface area contributed by atoms with Crippen molar-refractivity contribution in [3.05, 3.63) is 235 Å². The van der Waals surface area contributed by atoms with Crippen LogP contribution in [0.4, 0.5) is 68.2 Å². The van der Waals surface area contributed by atoms with Gasteiger partial charge >= 0.3 is 0 Å². The Labute approximate surface area is 371 Å². The van der Waals surface area contributed by atoms with E-state index in [-0.39, 0.29) is 6.71 Å². The Bertz CT molecular complexity index is 2790. The lowest BCUT2D eigenvalue weighted by Gasteiger charge is -2.44. The van der Waals surface area contributed by atoms with Gasteiger partial charge in [-0.15, -0.1) is 0 Å². The zero-order valence-corrected chi connectivity index (χ0v) is 36.1. The SMILES string of the molecule is Cc1ccc(N(c2ccc(C)cc2)c2ccc3c(c2)N(c2ccccc2)c2cccc4c2B3c2ccc(N(c3ccc(C)cc3)c3ccc(C)cc3)cc2N4c2ccccc2)cc1. The van der Waals surface area contributed by atoms with Gasteiger partial charge in [-0.2, -0.15) is 0 Å². The van der Waals surface area contributed by atoms with Gasteiger partial charge in [-0.25, -0.2) is 0 Å². The number of nitrogens with zero attached hydrogens (tertiary/aromatic N) is 4. The van der Waals surface area contributed by atoms with Crippen molar-refractivity contribution >= 4 is 91.3 Å². The maximum absolute atomic E-state index is 2.48. The number of fused-ring (bicyclic) bond motifs is 4. The van der Waals surface area contributed by atoms with Crippen molar-refractivity contribution in [2.75, 3.05) is 19.6 Å². The first-order valence-electron chi connectivity index (χ1n) is 21.9. The van der Waals surface area contributed by atoms with Crippen LogP contribution in [0, 0.1) is 27.7 Å². The summed E-state index contributed by atoms with van der Waals surface area (Å²) >= 11 is 0. The second-order valence-electron chi connectivity index (χ2n) is 17.0. The van der Waals surface area contributed by atoms with E-state index in [1.807, 2.05) is 0 Å². The third kappa shape index (κ3) is 6.74. The van der Waals surface area contributed by atoms with Crippen LogP contribution < -0.4 is 36.0 Å². The smallest absolute Gasteiger partial charge is 0.252 e. The lowest BCUT2D eigenvalue weighted by Crippen LogP contribution is -2.61. The Hall–Kier alpha value is -7.76. The molecule has 0 fully saturated rings. The van der Waals surface area contributed by atoms with E-state index >= 15 is 0 Å². The fraction of sp³-hybridized carbons (Fsp3) is 0.0690. The molecular formula is C58H47BN4. The summed E-state index contributed by atoms with van der Waals surface area (Å²) in [6.07, 6.45) is 0. The monoisotopic (exact) mass is 810 g/mol. The normalized spacial score (nSPS) is 12.3. The molecule has 302 valence electrons. The maximum atomic E-state index is 2.48. The van der Waals surface area contributed by atoms with E-state index in [2.05, 4.69) is 260 Å². The molecule has 0 bridgehead atoms. The van der Waals surface area contributed by atoms with Crippen LogP contribution in [0.2, 0.25) is 0 Å². The molecule has 0 aromatic heterocycles. The maximum Gasteiger partial charge on any atom is 0.252 e. The summed E-state index contributed by atoms with van der Waals surface area (Å²) < 4.78 is 0. The van der Waals surface area contributed by atoms with Crippen molar-refractivity contribution < 1.29 is 0 Å². The van der Waals surface area contributed by atoms with Crippen molar-refractivity contribution in [2.45, 2.75) is 27.7 Å². The minimum atomic E-state index is -0.0244. The summed E-state index contributed by atoms with van der Waals surface area (Å²) in [4.78, 5) is 9.74. The molecule has 0 unspecified atom stereocenters. The van der Waals surface area contributed by atoms with Crippen molar-refractivity contribution in [2.24, 2.45) is 0 Å². The molecule has 9 aromatic rings. The molecule has 9 aromatic carbocycles. The molecule has 63 heavy (non-hydrogen) atoms. The summed E-state index contributed by atoms with van der Waals surface area (Å²) in [5.41, 5.74) is 22.4. The molecule has 0 saturated heterocycles. The molecule has 0 saturated carbocycles. The first-order chi connectivity index (χ1) is 30.9. The molecule has 4 nitrogen and oxygen atoms in total. The standard InChI is InChI=1S/C58H47BN4/c1-40-18-26-46(27-19-40)60(47-28-20-41(2)21-29-47)50-34-36-52-56(38-50)62(44-12-7-5-8-13-44)54-16-11-17-55-58(54)59(52)53-37-35-51(39-57(53)63(55)45-14-9-6-10-15-45)61(48-30-22-42(3)23-31-48)49-32-24-43(4)25-33-49/h5-39H,1-4H3. The summed E-state index contributed by atoms with van der Waals surface area (Å²) in [5, 5.41) is 0. The van der Waals surface area contributed by atoms with E-state index in [1.54, 1.807) is 0 Å². The average Bonchev–Trinajstić information content (AvgIpc) is 3.32. The van der Waals surface area contributed by atoms with Crippen LogP contribution in [0.15, 0.2) is 212 Å². The third-order valence-electron chi connectivity index (χ3n) is 12.7. The van der Waals surface area contributed by atoms with Gasteiger partial charge in [0, 0.05) is 68.2 Å². The largest absolute Gasteiger partial charge is 0.311 e. The number of hydrogen-bond donors (Lipinski definition) is 0. The quantitative estimate of drug-likeness (QED) is 0.142. The first kappa shape index (κ1) is 38.2. The molecular weight excluding hydrogens is 763 g/mol. The van der Waals surface area contributed by atoms with E-state index in [0.29, 0.717) is 0 Å². The van der Waals surface area contributed by atoms with Crippen LogP contribution >= 0.6 is 0 Å². The molecule has 11 rings (SSSR count). The molecule has 0 spiro atoms. The Morgan fingerprint density at radius 1 is 0.302 bits per heavy atom. The van der Waals surface area contributed by atoms with Gasteiger partial charge in [-0.05, 0) is 153 Å². The number of para-hydroxylation sites is 2. The van der Waals surface area contributed by atoms with Crippen LogP contribution in [0.5, 0.6) is 0 Å². The summed E-state index contributed by atoms with van der Waals surface area (Å²) in [7, 11) is 0. The lowest BCUT2D eigenvalue weighted by molar-refractivity contribution is 1.23. The third-order valence-corrected chi connectivity index (χ3v) is 12.7. The highest BCUT2D eigenvalue weighted by molar-refractivity contribution is 7.00. The van der Waals surface area contributed by atoms with Crippen molar-refractivity contribution in [1.82, 2.24) is 0 Å². The molecule has 2 heterocycles. The minimum Gasteiger partial charge on any atom is -0.311 e. The van der Waals surface area contributed by atoms with Crippen LogP contribution in [0.1, 0.15) is 22.3 Å². The minimum absolute atomic E-state index is 0.0244. The number of aryl methyl sites for hydroxylation is 4. The van der Waals surface area contributed by atoms with E-state index < -0.39 is 0 Å². The lowest BCUT2D eigenvalue weighted by atomic mass is 9.33. The van der Waals surface area contributed by atoms with Crippen molar-refractivity contribution in [1.29, 1.82) is 0 Å².